The minimum absolute atomic E-state index is 0.106. The Morgan fingerprint density at radius 2 is 2.06 bits per heavy atom. The van der Waals surface area contributed by atoms with Gasteiger partial charge in [0, 0.05) is 22.1 Å². The second kappa shape index (κ2) is 11.0. The SMILES string of the molecule is CCOC(=O)C1(CCCc2c(F)cnc3ccccc23)CCN(CC(S)c2cccs2)CC1. The maximum Gasteiger partial charge on any atom is 0.312 e. The summed E-state index contributed by atoms with van der Waals surface area (Å²) in [6, 6.07) is 11.8. The van der Waals surface area contributed by atoms with Crippen LogP contribution in [0.4, 0.5) is 4.39 Å². The van der Waals surface area contributed by atoms with E-state index in [0.717, 1.165) is 49.8 Å². The second-order valence-corrected chi connectivity index (χ2v) is 10.4. The number of thiol groups is 1. The van der Waals surface area contributed by atoms with Gasteiger partial charge in [0.15, 0.2) is 0 Å². The molecule has 3 heterocycles. The normalized spacial score (nSPS) is 17.2. The third-order valence-corrected chi connectivity index (χ3v) is 8.34. The summed E-state index contributed by atoms with van der Waals surface area (Å²) in [5.41, 5.74) is 0.987. The van der Waals surface area contributed by atoms with Crippen molar-refractivity contribution >= 4 is 40.8 Å². The lowest BCUT2D eigenvalue weighted by molar-refractivity contribution is -0.159. The van der Waals surface area contributed by atoms with Gasteiger partial charge in [0.25, 0.3) is 0 Å². The highest BCUT2D eigenvalue weighted by molar-refractivity contribution is 7.80. The van der Waals surface area contributed by atoms with Crippen LogP contribution in [0.3, 0.4) is 0 Å². The molecule has 1 atom stereocenters. The first-order valence-corrected chi connectivity index (χ1v) is 13.1. The lowest BCUT2D eigenvalue weighted by Gasteiger charge is -2.40. The van der Waals surface area contributed by atoms with Crippen LogP contribution in [0.15, 0.2) is 48.0 Å². The molecule has 0 bridgehead atoms. The van der Waals surface area contributed by atoms with Crippen molar-refractivity contribution in [2.45, 2.75) is 44.3 Å². The molecule has 2 aromatic heterocycles. The lowest BCUT2D eigenvalue weighted by atomic mass is 9.74. The van der Waals surface area contributed by atoms with E-state index in [0.29, 0.717) is 25.0 Å². The van der Waals surface area contributed by atoms with E-state index in [9.17, 15) is 9.18 Å². The number of hydrogen-bond donors (Lipinski definition) is 1. The van der Waals surface area contributed by atoms with Gasteiger partial charge in [-0.2, -0.15) is 12.6 Å². The third kappa shape index (κ3) is 5.58. The zero-order valence-electron chi connectivity index (χ0n) is 19.0. The average molecular weight is 487 g/mol. The number of fused-ring (bicyclic) bond motifs is 1. The van der Waals surface area contributed by atoms with Gasteiger partial charge in [0.1, 0.15) is 5.82 Å². The number of likely N-dealkylation sites (tertiary alicyclic amines) is 1. The van der Waals surface area contributed by atoms with E-state index in [1.54, 1.807) is 11.3 Å². The Balaban J connectivity index is 1.41. The van der Waals surface area contributed by atoms with Gasteiger partial charge in [0.05, 0.1) is 23.7 Å². The molecule has 0 amide bonds. The molecule has 4 rings (SSSR count). The number of benzene rings is 1. The standard InChI is InChI=1S/C26H31FN2O2S2/c1-2-31-25(30)26(12-14-29(15-13-26)18-23(32)24-10-6-16-33-24)11-5-8-19-20-7-3-4-9-22(20)28-17-21(19)27/h3-4,6-7,9-10,16-17,23,32H,2,5,8,11-15,18H2,1H3. The summed E-state index contributed by atoms with van der Waals surface area (Å²) in [6.07, 6.45) is 4.83. The van der Waals surface area contributed by atoms with Crippen molar-refractivity contribution in [1.29, 1.82) is 0 Å². The summed E-state index contributed by atoms with van der Waals surface area (Å²) in [7, 11) is 0. The molecule has 0 N–H and O–H groups in total. The predicted octanol–water partition coefficient (Wildman–Crippen LogP) is 6.07. The van der Waals surface area contributed by atoms with Crippen LogP contribution in [0.2, 0.25) is 0 Å². The number of para-hydroxylation sites is 1. The van der Waals surface area contributed by atoms with Crippen molar-refractivity contribution in [1.82, 2.24) is 9.88 Å². The van der Waals surface area contributed by atoms with Crippen LogP contribution in [-0.4, -0.2) is 42.1 Å². The summed E-state index contributed by atoms with van der Waals surface area (Å²) in [5, 5.41) is 3.11. The Morgan fingerprint density at radius 1 is 1.27 bits per heavy atom. The monoisotopic (exact) mass is 486 g/mol. The highest BCUT2D eigenvalue weighted by Crippen LogP contribution is 2.39. The van der Waals surface area contributed by atoms with Gasteiger partial charge in [-0.05, 0) is 75.2 Å². The number of carbonyl (C=O) groups excluding carboxylic acids is 1. The molecule has 0 saturated carbocycles. The largest absolute Gasteiger partial charge is 0.466 e. The van der Waals surface area contributed by atoms with E-state index >= 15 is 0 Å². The van der Waals surface area contributed by atoms with Gasteiger partial charge < -0.3 is 9.64 Å². The fourth-order valence-corrected chi connectivity index (χ4v) is 6.05. The second-order valence-electron chi connectivity index (χ2n) is 8.79. The number of aryl methyl sites for hydroxylation is 1. The summed E-state index contributed by atoms with van der Waals surface area (Å²) < 4.78 is 20.1. The molecule has 4 nitrogen and oxygen atoms in total. The van der Waals surface area contributed by atoms with Crippen molar-refractivity contribution in [3.63, 3.8) is 0 Å². The quantitative estimate of drug-likeness (QED) is 0.294. The number of nitrogens with zero attached hydrogens (tertiary/aromatic N) is 2. The number of halogens is 1. The van der Waals surface area contributed by atoms with Crippen LogP contribution in [-0.2, 0) is 16.0 Å². The van der Waals surface area contributed by atoms with Gasteiger partial charge in [-0.25, -0.2) is 4.39 Å². The number of thiophene rings is 1. The zero-order chi connectivity index (χ0) is 23.3. The Morgan fingerprint density at radius 3 is 2.79 bits per heavy atom. The first-order chi connectivity index (χ1) is 16.0. The van der Waals surface area contributed by atoms with Crippen LogP contribution < -0.4 is 0 Å². The van der Waals surface area contributed by atoms with E-state index in [-0.39, 0.29) is 17.0 Å². The van der Waals surface area contributed by atoms with Crippen molar-refractivity contribution in [3.05, 3.63) is 64.2 Å². The topological polar surface area (TPSA) is 42.4 Å². The number of ether oxygens (including phenoxy) is 1. The highest BCUT2D eigenvalue weighted by Gasteiger charge is 2.42. The average Bonchev–Trinajstić information content (AvgIpc) is 3.37. The predicted molar refractivity (Wildman–Crippen MR) is 135 cm³/mol. The summed E-state index contributed by atoms with van der Waals surface area (Å²) in [5.74, 6) is -0.382. The molecule has 1 aliphatic heterocycles. The zero-order valence-corrected chi connectivity index (χ0v) is 20.7. The summed E-state index contributed by atoms with van der Waals surface area (Å²) in [6.45, 7) is 4.79. The molecule has 3 aromatic rings. The number of piperidine rings is 1. The smallest absolute Gasteiger partial charge is 0.312 e. The van der Waals surface area contributed by atoms with Crippen LogP contribution in [0.25, 0.3) is 10.9 Å². The number of aromatic nitrogens is 1. The van der Waals surface area contributed by atoms with Crippen molar-refractivity contribution < 1.29 is 13.9 Å². The molecule has 0 spiro atoms. The van der Waals surface area contributed by atoms with Crippen LogP contribution >= 0.6 is 24.0 Å². The van der Waals surface area contributed by atoms with Gasteiger partial charge in [-0.15, -0.1) is 11.3 Å². The van der Waals surface area contributed by atoms with E-state index < -0.39 is 5.41 Å². The number of rotatable bonds is 9. The number of carbonyl (C=O) groups is 1. The van der Waals surface area contributed by atoms with E-state index in [4.69, 9.17) is 17.4 Å². The maximum absolute atomic E-state index is 14.6. The molecular weight excluding hydrogens is 455 g/mol. The molecule has 0 aliphatic carbocycles. The Hall–Kier alpha value is -1.96. The number of esters is 1. The highest BCUT2D eigenvalue weighted by atomic mass is 32.1. The van der Waals surface area contributed by atoms with Gasteiger partial charge in [-0.3, -0.25) is 9.78 Å². The first kappa shape index (κ1) is 24.2. The van der Waals surface area contributed by atoms with Crippen LogP contribution in [0.5, 0.6) is 0 Å². The molecular formula is C26H31FN2O2S2. The molecule has 1 fully saturated rings. The number of pyridine rings is 1. The molecule has 1 aliphatic rings. The van der Waals surface area contributed by atoms with Gasteiger partial charge >= 0.3 is 5.97 Å². The van der Waals surface area contributed by atoms with Gasteiger partial charge in [0.2, 0.25) is 0 Å². The summed E-state index contributed by atoms with van der Waals surface area (Å²) >= 11 is 6.52. The Labute approximate surface area is 204 Å². The van der Waals surface area contributed by atoms with Crippen molar-refractivity contribution in [2.24, 2.45) is 5.41 Å². The molecule has 1 aromatic carbocycles. The minimum Gasteiger partial charge on any atom is -0.466 e. The molecule has 1 unspecified atom stereocenters. The van der Waals surface area contributed by atoms with Crippen LogP contribution in [0, 0.1) is 11.2 Å². The van der Waals surface area contributed by atoms with Crippen molar-refractivity contribution in [2.75, 3.05) is 26.2 Å². The molecule has 7 heteroatoms. The molecule has 176 valence electrons. The van der Waals surface area contributed by atoms with E-state index in [1.807, 2.05) is 31.2 Å². The molecule has 1 saturated heterocycles. The number of hydrogen-bond acceptors (Lipinski definition) is 6. The molecule has 33 heavy (non-hydrogen) atoms. The van der Waals surface area contributed by atoms with Crippen LogP contribution in [0.1, 0.15) is 48.3 Å². The van der Waals surface area contributed by atoms with Gasteiger partial charge in [-0.1, -0.05) is 24.3 Å². The maximum atomic E-state index is 14.6. The minimum atomic E-state index is -0.499. The molecule has 0 radical (unpaired) electrons. The fraction of sp³-hybridized carbons (Fsp3) is 0.462. The first-order valence-electron chi connectivity index (χ1n) is 11.7. The van der Waals surface area contributed by atoms with E-state index in [1.165, 1.54) is 11.1 Å². The Bertz CT molecular complexity index is 1070. The third-order valence-electron chi connectivity index (χ3n) is 6.74. The summed E-state index contributed by atoms with van der Waals surface area (Å²) in [4.78, 5) is 20.9. The Kier molecular flexibility index (Phi) is 8.04. The van der Waals surface area contributed by atoms with Crippen molar-refractivity contribution in [3.8, 4) is 0 Å². The lowest BCUT2D eigenvalue weighted by Crippen LogP contribution is -2.46. The fourth-order valence-electron chi connectivity index (χ4n) is 4.85. The van der Waals surface area contributed by atoms with E-state index in [2.05, 4.69) is 27.4 Å².